The van der Waals surface area contributed by atoms with Gasteiger partial charge >= 0.3 is 0 Å². The molecule has 1 unspecified atom stereocenters. The molecule has 0 spiro atoms. The predicted octanol–water partition coefficient (Wildman–Crippen LogP) is 3.36. The van der Waals surface area contributed by atoms with Gasteiger partial charge in [-0.2, -0.15) is 0 Å². The van der Waals surface area contributed by atoms with E-state index in [2.05, 4.69) is 22.4 Å². The number of hydrogen-bond acceptors (Lipinski definition) is 5. The van der Waals surface area contributed by atoms with Gasteiger partial charge in [-0.1, -0.05) is 53.6 Å². The SMILES string of the molecule is CCc1ccc(N2CC(c3nnc(NC(=O)C(Cl)Cl)s3)CC2=O)cc1. The third-order valence-electron chi connectivity index (χ3n) is 4.00. The molecule has 2 amide bonds. The standard InChI is InChI=1S/C16H16Cl2N4O2S/c1-2-9-3-5-11(6-4-9)22-8-10(7-12(22)23)15-20-21-16(25-15)19-14(24)13(17)18/h3-6,10,13H,2,7-8H2,1H3,(H,19,21,24). The maximum Gasteiger partial charge on any atom is 0.259 e. The summed E-state index contributed by atoms with van der Waals surface area (Å²) in [5.74, 6) is -0.549. The van der Waals surface area contributed by atoms with Crippen molar-refractivity contribution in [2.24, 2.45) is 0 Å². The molecular formula is C16H16Cl2N4O2S. The first-order valence-electron chi connectivity index (χ1n) is 7.79. The lowest BCUT2D eigenvalue weighted by molar-refractivity contribution is -0.117. The Labute approximate surface area is 159 Å². The number of hydrogen-bond donors (Lipinski definition) is 1. The molecule has 2 aromatic rings. The lowest BCUT2D eigenvalue weighted by Crippen LogP contribution is -2.24. The van der Waals surface area contributed by atoms with Gasteiger partial charge < -0.3 is 4.90 Å². The van der Waals surface area contributed by atoms with Crippen molar-refractivity contribution in [2.75, 3.05) is 16.8 Å². The zero-order chi connectivity index (χ0) is 18.0. The fourth-order valence-electron chi connectivity index (χ4n) is 2.64. The predicted molar refractivity (Wildman–Crippen MR) is 99.6 cm³/mol. The van der Waals surface area contributed by atoms with Crippen LogP contribution >= 0.6 is 34.5 Å². The summed E-state index contributed by atoms with van der Waals surface area (Å²) in [6.07, 6.45) is 1.33. The number of nitrogens with zero attached hydrogens (tertiary/aromatic N) is 3. The van der Waals surface area contributed by atoms with E-state index < -0.39 is 10.7 Å². The number of aryl methyl sites for hydroxylation is 1. The van der Waals surface area contributed by atoms with Gasteiger partial charge in [0, 0.05) is 24.6 Å². The van der Waals surface area contributed by atoms with Crippen molar-refractivity contribution in [2.45, 2.75) is 30.5 Å². The number of rotatable bonds is 5. The van der Waals surface area contributed by atoms with Crippen LogP contribution in [0, 0.1) is 0 Å². The molecule has 1 aliphatic rings. The fourth-order valence-corrected chi connectivity index (χ4v) is 3.59. The number of alkyl halides is 2. The first kappa shape index (κ1) is 18.1. The number of aromatic nitrogens is 2. The molecule has 2 heterocycles. The molecule has 1 saturated heterocycles. The first-order chi connectivity index (χ1) is 12.0. The quantitative estimate of drug-likeness (QED) is 0.783. The minimum Gasteiger partial charge on any atom is -0.312 e. The van der Waals surface area contributed by atoms with E-state index in [1.807, 2.05) is 24.3 Å². The van der Waals surface area contributed by atoms with Crippen molar-refractivity contribution >= 4 is 57.2 Å². The van der Waals surface area contributed by atoms with Gasteiger partial charge in [0.05, 0.1) is 0 Å². The number of nitrogens with one attached hydrogen (secondary N) is 1. The molecule has 132 valence electrons. The molecule has 1 N–H and O–H groups in total. The minimum atomic E-state index is -1.16. The Morgan fingerprint density at radius 2 is 2.08 bits per heavy atom. The summed E-state index contributed by atoms with van der Waals surface area (Å²) < 4.78 is 0. The van der Waals surface area contributed by atoms with E-state index in [4.69, 9.17) is 23.2 Å². The molecule has 1 atom stereocenters. The molecule has 3 rings (SSSR count). The normalized spacial score (nSPS) is 17.4. The first-order valence-corrected chi connectivity index (χ1v) is 9.48. The maximum absolute atomic E-state index is 12.4. The molecule has 1 aromatic carbocycles. The summed E-state index contributed by atoms with van der Waals surface area (Å²) in [4.78, 5) is 24.4. The zero-order valence-corrected chi connectivity index (χ0v) is 15.7. The molecule has 0 radical (unpaired) electrons. The second-order valence-corrected chi connectivity index (χ2v) is 7.77. The van der Waals surface area contributed by atoms with Crippen LogP contribution in [0.3, 0.4) is 0 Å². The van der Waals surface area contributed by atoms with Crippen LogP contribution in [0.25, 0.3) is 0 Å². The minimum absolute atomic E-state index is 0.0516. The molecule has 0 aliphatic carbocycles. The van der Waals surface area contributed by atoms with Crippen LogP contribution in [0.2, 0.25) is 0 Å². The molecule has 1 fully saturated rings. The summed E-state index contributed by atoms with van der Waals surface area (Å²) in [5, 5.41) is 11.5. The van der Waals surface area contributed by atoms with Gasteiger partial charge in [-0.15, -0.1) is 10.2 Å². The zero-order valence-electron chi connectivity index (χ0n) is 13.4. The third-order valence-corrected chi connectivity index (χ3v) is 5.40. The Morgan fingerprint density at radius 1 is 1.36 bits per heavy atom. The topological polar surface area (TPSA) is 75.2 Å². The highest BCUT2D eigenvalue weighted by atomic mass is 35.5. The second kappa shape index (κ2) is 7.68. The van der Waals surface area contributed by atoms with Gasteiger partial charge in [-0.3, -0.25) is 14.9 Å². The molecule has 9 heteroatoms. The average Bonchev–Trinajstić information content (AvgIpc) is 3.21. The Bertz CT molecular complexity index is 779. The molecular weight excluding hydrogens is 383 g/mol. The lowest BCUT2D eigenvalue weighted by atomic mass is 10.1. The van der Waals surface area contributed by atoms with Crippen molar-refractivity contribution in [3.05, 3.63) is 34.8 Å². The van der Waals surface area contributed by atoms with Crippen LogP contribution in [0.15, 0.2) is 24.3 Å². The van der Waals surface area contributed by atoms with E-state index in [1.165, 1.54) is 16.9 Å². The second-order valence-electron chi connectivity index (χ2n) is 5.66. The smallest absolute Gasteiger partial charge is 0.259 e. The summed E-state index contributed by atoms with van der Waals surface area (Å²) in [6.45, 7) is 2.63. The molecule has 1 aromatic heterocycles. The molecule has 6 nitrogen and oxygen atoms in total. The number of carbonyl (C=O) groups excluding carboxylic acids is 2. The van der Waals surface area contributed by atoms with E-state index >= 15 is 0 Å². The van der Waals surface area contributed by atoms with Crippen molar-refractivity contribution in [1.82, 2.24) is 10.2 Å². The van der Waals surface area contributed by atoms with Crippen LogP contribution in [-0.4, -0.2) is 33.4 Å². The maximum atomic E-state index is 12.4. The average molecular weight is 399 g/mol. The number of halogens is 2. The highest BCUT2D eigenvalue weighted by Gasteiger charge is 2.34. The van der Waals surface area contributed by atoms with Crippen molar-refractivity contribution < 1.29 is 9.59 Å². The van der Waals surface area contributed by atoms with Crippen LogP contribution in [0.4, 0.5) is 10.8 Å². The largest absolute Gasteiger partial charge is 0.312 e. The van der Waals surface area contributed by atoms with Gasteiger partial charge in [-0.05, 0) is 24.1 Å². The van der Waals surface area contributed by atoms with Crippen LogP contribution in [0.5, 0.6) is 0 Å². The van der Waals surface area contributed by atoms with Crippen molar-refractivity contribution in [3.8, 4) is 0 Å². The third kappa shape index (κ3) is 4.11. The monoisotopic (exact) mass is 398 g/mol. The Hall–Kier alpha value is -1.70. The number of benzene rings is 1. The highest BCUT2D eigenvalue weighted by Crippen LogP contribution is 2.34. The fraction of sp³-hybridized carbons (Fsp3) is 0.375. The Morgan fingerprint density at radius 3 is 2.72 bits per heavy atom. The number of amides is 2. The van der Waals surface area contributed by atoms with Gasteiger partial charge in [0.1, 0.15) is 5.01 Å². The summed E-state index contributed by atoms with van der Waals surface area (Å²) in [6, 6.07) is 7.99. The van der Waals surface area contributed by atoms with Gasteiger partial charge in [0.25, 0.3) is 5.91 Å². The molecule has 1 aliphatic heterocycles. The highest BCUT2D eigenvalue weighted by molar-refractivity contribution is 7.15. The van der Waals surface area contributed by atoms with Gasteiger partial charge in [-0.25, -0.2) is 0 Å². The van der Waals surface area contributed by atoms with Crippen molar-refractivity contribution in [3.63, 3.8) is 0 Å². The van der Waals surface area contributed by atoms with Crippen LogP contribution in [-0.2, 0) is 16.0 Å². The molecule has 0 saturated carbocycles. The number of carbonyl (C=O) groups is 2. The van der Waals surface area contributed by atoms with E-state index in [9.17, 15) is 9.59 Å². The Kier molecular flexibility index (Phi) is 5.56. The van der Waals surface area contributed by atoms with Gasteiger partial charge in [0.15, 0.2) is 4.84 Å². The van der Waals surface area contributed by atoms with E-state index in [0.717, 1.165) is 12.1 Å². The summed E-state index contributed by atoms with van der Waals surface area (Å²) in [7, 11) is 0. The van der Waals surface area contributed by atoms with E-state index in [1.54, 1.807) is 4.90 Å². The lowest BCUT2D eigenvalue weighted by Gasteiger charge is -2.16. The van der Waals surface area contributed by atoms with E-state index in [0.29, 0.717) is 23.1 Å². The van der Waals surface area contributed by atoms with Crippen LogP contribution in [0.1, 0.15) is 29.8 Å². The van der Waals surface area contributed by atoms with Gasteiger partial charge in [0.2, 0.25) is 11.0 Å². The van der Waals surface area contributed by atoms with Crippen LogP contribution < -0.4 is 10.2 Å². The molecule has 25 heavy (non-hydrogen) atoms. The van der Waals surface area contributed by atoms with Crippen molar-refractivity contribution in [1.29, 1.82) is 0 Å². The summed E-state index contributed by atoms with van der Waals surface area (Å²) >= 11 is 12.2. The van der Waals surface area contributed by atoms with E-state index in [-0.39, 0.29) is 11.8 Å². The number of anilines is 2. The molecule has 0 bridgehead atoms. The summed E-state index contributed by atoms with van der Waals surface area (Å²) in [5.41, 5.74) is 2.11. The Balaban J connectivity index is 1.70.